The van der Waals surface area contributed by atoms with E-state index < -0.39 is 5.82 Å². The summed E-state index contributed by atoms with van der Waals surface area (Å²) in [6, 6.07) is 2.77. The number of aldehydes is 1. The largest absolute Gasteiger partial charge is 0.298 e. The molecule has 14 heavy (non-hydrogen) atoms. The van der Waals surface area contributed by atoms with Crippen LogP contribution in [-0.4, -0.2) is 21.1 Å². The summed E-state index contributed by atoms with van der Waals surface area (Å²) in [5.74, 6) is -0.395. The molecular formula is C9H6FN3O. The Hall–Kier alpha value is -2.04. The lowest BCUT2D eigenvalue weighted by Crippen LogP contribution is -2.00. The molecule has 5 heteroatoms. The van der Waals surface area contributed by atoms with Gasteiger partial charge in [-0.15, -0.1) is 0 Å². The minimum absolute atomic E-state index is 0.0839. The molecule has 2 aromatic rings. The fraction of sp³-hybridized carbons (Fsp3) is 0. The lowest BCUT2D eigenvalue weighted by Gasteiger charge is -1.99. The third-order valence-corrected chi connectivity index (χ3v) is 1.69. The molecule has 0 fully saturated rings. The second-order valence-corrected chi connectivity index (χ2v) is 2.64. The van der Waals surface area contributed by atoms with E-state index in [-0.39, 0.29) is 5.82 Å². The van der Waals surface area contributed by atoms with Crippen LogP contribution in [0, 0.1) is 5.82 Å². The van der Waals surface area contributed by atoms with Gasteiger partial charge in [-0.05, 0) is 12.1 Å². The van der Waals surface area contributed by atoms with Crippen molar-refractivity contribution < 1.29 is 9.18 Å². The molecule has 0 aromatic carbocycles. The summed E-state index contributed by atoms with van der Waals surface area (Å²) in [4.78, 5) is 14.2. The highest BCUT2D eigenvalue weighted by atomic mass is 19.1. The van der Waals surface area contributed by atoms with E-state index in [2.05, 4.69) is 10.1 Å². The maximum atomic E-state index is 13.2. The third kappa shape index (κ3) is 1.39. The molecule has 0 spiro atoms. The molecule has 0 radical (unpaired) electrons. The second kappa shape index (κ2) is 3.37. The number of hydrogen-bond acceptors (Lipinski definition) is 3. The summed E-state index contributed by atoms with van der Waals surface area (Å²) in [5.41, 5.74) is 0.384. The van der Waals surface area contributed by atoms with Crippen LogP contribution >= 0.6 is 0 Å². The SMILES string of the molecule is O=Cc1cnn(-c2ncccc2F)c1. The topological polar surface area (TPSA) is 47.8 Å². The van der Waals surface area contributed by atoms with Crippen LogP contribution in [0.1, 0.15) is 10.4 Å². The molecule has 2 rings (SSSR count). The Kier molecular flexibility index (Phi) is 2.06. The Balaban J connectivity index is 2.49. The van der Waals surface area contributed by atoms with Crippen molar-refractivity contribution in [3.05, 3.63) is 42.1 Å². The summed E-state index contributed by atoms with van der Waals surface area (Å²) in [6.45, 7) is 0. The van der Waals surface area contributed by atoms with Crippen molar-refractivity contribution in [2.24, 2.45) is 0 Å². The van der Waals surface area contributed by atoms with Crippen LogP contribution in [-0.2, 0) is 0 Å². The molecule has 0 aliphatic heterocycles. The van der Waals surface area contributed by atoms with Gasteiger partial charge >= 0.3 is 0 Å². The monoisotopic (exact) mass is 191 g/mol. The molecule has 0 unspecified atom stereocenters. The van der Waals surface area contributed by atoms with Gasteiger partial charge < -0.3 is 0 Å². The number of aromatic nitrogens is 3. The van der Waals surface area contributed by atoms with Crippen molar-refractivity contribution in [2.45, 2.75) is 0 Å². The van der Waals surface area contributed by atoms with E-state index in [0.717, 1.165) is 0 Å². The van der Waals surface area contributed by atoms with Crippen molar-refractivity contribution in [1.29, 1.82) is 0 Å². The molecule has 0 atom stereocenters. The zero-order valence-corrected chi connectivity index (χ0v) is 7.09. The Bertz CT molecular complexity index is 467. The smallest absolute Gasteiger partial charge is 0.189 e. The van der Waals surface area contributed by atoms with Gasteiger partial charge in [0.25, 0.3) is 0 Å². The van der Waals surface area contributed by atoms with Crippen LogP contribution < -0.4 is 0 Å². The molecule has 0 aliphatic rings. The first-order chi connectivity index (χ1) is 6.81. The number of halogens is 1. The summed E-state index contributed by atoms with van der Waals surface area (Å²) in [6.07, 6.45) is 4.87. The summed E-state index contributed by atoms with van der Waals surface area (Å²) in [7, 11) is 0. The van der Waals surface area contributed by atoms with Gasteiger partial charge in [-0.3, -0.25) is 4.79 Å². The molecule has 70 valence electrons. The predicted octanol–water partition coefficient (Wildman–Crippen LogP) is 1.22. The van der Waals surface area contributed by atoms with Crippen molar-refractivity contribution in [3.63, 3.8) is 0 Å². The number of pyridine rings is 1. The van der Waals surface area contributed by atoms with E-state index in [1.165, 1.54) is 35.4 Å². The average molecular weight is 191 g/mol. The molecule has 0 aliphatic carbocycles. The Labute approximate surface area is 79.0 Å². The van der Waals surface area contributed by atoms with Crippen LogP contribution in [0.25, 0.3) is 5.82 Å². The normalized spacial score (nSPS) is 10.1. The fourth-order valence-electron chi connectivity index (χ4n) is 1.06. The van der Waals surface area contributed by atoms with Gasteiger partial charge in [-0.2, -0.15) is 5.10 Å². The van der Waals surface area contributed by atoms with Crippen LogP contribution in [0.2, 0.25) is 0 Å². The molecule has 0 amide bonds. The van der Waals surface area contributed by atoms with Crippen molar-refractivity contribution >= 4 is 6.29 Å². The van der Waals surface area contributed by atoms with Crippen molar-refractivity contribution in [3.8, 4) is 5.82 Å². The number of carbonyl (C=O) groups excluding carboxylic acids is 1. The van der Waals surface area contributed by atoms with Crippen molar-refractivity contribution in [2.75, 3.05) is 0 Å². The maximum Gasteiger partial charge on any atom is 0.189 e. The van der Waals surface area contributed by atoms with Crippen LogP contribution in [0.3, 0.4) is 0 Å². The molecule has 0 saturated heterocycles. The number of nitrogens with zero attached hydrogens (tertiary/aromatic N) is 3. The molecular weight excluding hydrogens is 185 g/mol. The first-order valence-electron chi connectivity index (χ1n) is 3.92. The van der Waals surface area contributed by atoms with Crippen molar-refractivity contribution in [1.82, 2.24) is 14.8 Å². The fourth-order valence-corrected chi connectivity index (χ4v) is 1.06. The molecule has 4 nitrogen and oxygen atoms in total. The summed E-state index contributed by atoms with van der Waals surface area (Å²) < 4.78 is 14.4. The predicted molar refractivity (Wildman–Crippen MR) is 46.7 cm³/mol. The van der Waals surface area contributed by atoms with E-state index in [0.29, 0.717) is 11.8 Å². The van der Waals surface area contributed by atoms with E-state index in [1.54, 1.807) is 0 Å². The van der Waals surface area contributed by atoms with Gasteiger partial charge in [0.1, 0.15) is 0 Å². The lowest BCUT2D eigenvalue weighted by molar-refractivity contribution is 0.112. The molecule has 0 N–H and O–H groups in total. The van der Waals surface area contributed by atoms with Crippen LogP contribution in [0.4, 0.5) is 4.39 Å². The lowest BCUT2D eigenvalue weighted by atomic mass is 10.4. The van der Waals surface area contributed by atoms with Gasteiger partial charge in [0.2, 0.25) is 0 Å². The minimum atomic E-state index is -0.479. The molecule has 0 saturated carbocycles. The highest BCUT2D eigenvalue weighted by Gasteiger charge is 2.05. The maximum absolute atomic E-state index is 13.2. The van der Waals surface area contributed by atoms with Gasteiger partial charge in [0.05, 0.1) is 11.8 Å². The summed E-state index contributed by atoms with van der Waals surface area (Å²) >= 11 is 0. The number of carbonyl (C=O) groups is 1. The standard InChI is InChI=1S/C9H6FN3O/c10-8-2-1-3-11-9(8)13-5-7(6-14)4-12-13/h1-6H. The first-order valence-corrected chi connectivity index (χ1v) is 3.92. The minimum Gasteiger partial charge on any atom is -0.298 e. The Morgan fingerprint density at radius 2 is 2.36 bits per heavy atom. The van der Waals surface area contributed by atoms with E-state index in [1.807, 2.05) is 0 Å². The average Bonchev–Trinajstić information content (AvgIpc) is 2.67. The highest BCUT2D eigenvalue weighted by Crippen LogP contribution is 2.08. The van der Waals surface area contributed by atoms with Gasteiger partial charge in [0.15, 0.2) is 17.9 Å². The molecule has 2 heterocycles. The highest BCUT2D eigenvalue weighted by molar-refractivity contribution is 5.73. The zero-order chi connectivity index (χ0) is 9.97. The van der Waals surface area contributed by atoms with Gasteiger partial charge in [0, 0.05) is 12.4 Å². The summed E-state index contributed by atoms with van der Waals surface area (Å²) in [5, 5.41) is 3.80. The number of hydrogen-bond donors (Lipinski definition) is 0. The van der Waals surface area contributed by atoms with Gasteiger partial charge in [-0.1, -0.05) is 0 Å². The molecule has 0 bridgehead atoms. The number of rotatable bonds is 2. The second-order valence-electron chi connectivity index (χ2n) is 2.64. The van der Waals surface area contributed by atoms with E-state index in [4.69, 9.17) is 0 Å². The van der Waals surface area contributed by atoms with E-state index in [9.17, 15) is 9.18 Å². The Morgan fingerprint density at radius 1 is 1.50 bits per heavy atom. The quantitative estimate of drug-likeness (QED) is 0.670. The third-order valence-electron chi connectivity index (χ3n) is 1.69. The molecule has 2 aromatic heterocycles. The van der Waals surface area contributed by atoms with Gasteiger partial charge in [-0.25, -0.2) is 14.1 Å². The Morgan fingerprint density at radius 3 is 3.00 bits per heavy atom. The van der Waals surface area contributed by atoms with E-state index >= 15 is 0 Å². The zero-order valence-electron chi connectivity index (χ0n) is 7.09. The van der Waals surface area contributed by atoms with Crippen LogP contribution in [0.15, 0.2) is 30.7 Å². The van der Waals surface area contributed by atoms with Crippen LogP contribution in [0.5, 0.6) is 0 Å². The first kappa shape index (κ1) is 8.55.